The molecule has 0 saturated carbocycles. The number of anilines is 1. The molecule has 0 aromatic heterocycles. The van der Waals surface area contributed by atoms with Crippen molar-refractivity contribution in [2.45, 2.75) is 56.8 Å². The molecule has 2 bridgehead atoms. The Kier molecular flexibility index (Phi) is 4.34. The summed E-state index contributed by atoms with van der Waals surface area (Å²) < 4.78 is 0. The van der Waals surface area contributed by atoms with Crippen LogP contribution in [0.3, 0.4) is 0 Å². The molecule has 120 valence electrons. The summed E-state index contributed by atoms with van der Waals surface area (Å²) in [6.45, 7) is 1.12. The molecule has 2 aliphatic heterocycles. The lowest BCUT2D eigenvalue weighted by atomic mass is 9.81. The van der Waals surface area contributed by atoms with Gasteiger partial charge in [-0.25, -0.2) is 0 Å². The number of piperidine rings is 2. The number of rotatable bonds is 4. The maximum atomic E-state index is 3.77. The van der Waals surface area contributed by atoms with Crippen molar-refractivity contribution in [3.63, 3.8) is 0 Å². The van der Waals surface area contributed by atoms with Crippen LogP contribution in [0.4, 0.5) is 5.69 Å². The summed E-state index contributed by atoms with van der Waals surface area (Å²) in [6.07, 6.45) is 6.67. The van der Waals surface area contributed by atoms with Gasteiger partial charge in [0.15, 0.2) is 0 Å². The predicted octanol–water partition coefficient (Wildman–Crippen LogP) is 4.68. The lowest BCUT2D eigenvalue weighted by Crippen LogP contribution is -2.54. The highest BCUT2D eigenvalue weighted by Gasteiger charge is 2.37. The standard InChI is InChI=1S/C21H26N2/c1-3-8-17(9-4-1)16-23-20-12-7-13-21(23)15-19(14-20)22-18-10-5-2-6-11-18/h1-6,8-11,19-22H,7,12-16H2. The molecule has 2 saturated heterocycles. The van der Waals surface area contributed by atoms with Crippen LogP contribution in [0.15, 0.2) is 60.7 Å². The van der Waals surface area contributed by atoms with Gasteiger partial charge in [0.25, 0.3) is 0 Å². The van der Waals surface area contributed by atoms with Crippen molar-refractivity contribution in [2.75, 3.05) is 5.32 Å². The quantitative estimate of drug-likeness (QED) is 0.882. The third kappa shape index (κ3) is 3.42. The number of nitrogens with zero attached hydrogens (tertiary/aromatic N) is 1. The fourth-order valence-electron chi connectivity index (χ4n) is 4.42. The van der Waals surface area contributed by atoms with E-state index in [0.717, 1.165) is 18.6 Å². The Labute approximate surface area is 139 Å². The molecule has 2 nitrogen and oxygen atoms in total. The first-order chi connectivity index (χ1) is 11.4. The smallest absolute Gasteiger partial charge is 0.0342 e. The van der Waals surface area contributed by atoms with Gasteiger partial charge < -0.3 is 5.32 Å². The molecule has 2 heterocycles. The number of benzene rings is 2. The first kappa shape index (κ1) is 14.8. The highest BCUT2D eigenvalue weighted by Crippen LogP contribution is 2.36. The lowest BCUT2D eigenvalue weighted by Gasteiger charge is -2.49. The molecule has 1 N–H and O–H groups in total. The van der Waals surface area contributed by atoms with E-state index in [0.29, 0.717) is 6.04 Å². The zero-order valence-electron chi connectivity index (χ0n) is 13.7. The maximum Gasteiger partial charge on any atom is 0.0342 e. The number of para-hydroxylation sites is 1. The number of hydrogen-bond donors (Lipinski definition) is 1. The molecule has 0 spiro atoms. The average Bonchev–Trinajstić information content (AvgIpc) is 2.57. The molecule has 2 aromatic rings. The lowest BCUT2D eigenvalue weighted by molar-refractivity contribution is 0.0278. The minimum Gasteiger partial charge on any atom is -0.382 e. The molecule has 0 radical (unpaired) electrons. The second-order valence-corrected chi connectivity index (χ2v) is 7.08. The van der Waals surface area contributed by atoms with Gasteiger partial charge in [-0.1, -0.05) is 55.0 Å². The van der Waals surface area contributed by atoms with E-state index in [4.69, 9.17) is 0 Å². The van der Waals surface area contributed by atoms with E-state index in [1.54, 1.807) is 0 Å². The largest absolute Gasteiger partial charge is 0.382 e. The van der Waals surface area contributed by atoms with Crippen LogP contribution in [0.5, 0.6) is 0 Å². The third-order valence-corrected chi connectivity index (χ3v) is 5.48. The third-order valence-electron chi connectivity index (χ3n) is 5.48. The molecular weight excluding hydrogens is 280 g/mol. The van der Waals surface area contributed by atoms with Gasteiger partial charge in [-0.3, -0.25) is 4.90 Å². The second-order valence-electron chi connectivity index (χ2n) is 7.08. The summed E-state index contributed by atoms with van der Waals surface area (Å²) in [5.74, 6) is 0. The number of hydrogen-bond acceptors (Lipinski definition) is 2. The summed E-state index contributed by atoms with van der Waals surface area (Å²) in [5.41, 5.74) is 2.73. The molecular formula is C21H26N2. The van der Waals surface area contributed by atoms with E-state index in [2.05, 4.69) is 70.9 Å². The van der Waals surface area contributed by atoms with Crippen LogP contribution in [0.25, 0.3) is 0 Å². The van der Waals surface area contributed by atoms with Crippen LogP contribution in [-0.2, 0) is 6.54 Å². The van der Waals surface area contributed by atoms with Crippen LogP contribution < -0.4 is 5.32 Å². The van der Waals surface area contributed by atoms with E-state index < -0.39 is 0 Å². The van der Waals surface area contributed by atoms with Crippen LogP contribution in [0, 0.1) is 0 Å². The molecule has 2 aromatic carbocycles. The molecule has 0 aliphatic carbocycles. The van der Waals surface area contributed by atoms with Gasteiger partial charge >= 0.3 is 0 Å². The van der Waals surface area contributed by atoms with Gasteiger partial charge in [0.1, 0.15) is 0 Å². The zero-order chi connectivity index (χ0) is 15.5. The first-order valence-corrected chi connectivity index (χ1v) is 9.00. The molecule has 2 heteroatoms. The van der Waals surface area contributed by atoms with Crippen molar-refractivity contribution in [3.8, 4) is 0 Å². The van der Waals surface area contributed by atoms with Crippen LogP contribution in [0.1, 0.15) is 37.7 Å². The normalized spacial score (nSPS) is 27.6. The van der Waals surface area contributed by atoms with E-state index in [9.17, 15) is 0 Å². The van der Waals surface area contributed by atoms with Gasteiger partial charge in [-0.05, 0) is 43.4 Å². The first-order valence-electron chi connectivity index (χ1n) is 9.00. The molecule has 4 rings (SSSR count). The summed E-state index contributed by atoms with van der Waals surface area (Å²) in [6, 6.07) is 23.8. The summed E-state index contributed by atoms with van der Waals surface area (Å²) in [4.78, 5) is 2.78. The highest BCUT2D eigenvalue weighted by molar-refractivity contribution is 5.43. The Balaban J connectivity index is 1.44. The average molecular weight is 306 g/mol. The highest BCUT2D eigenvalue weighted by atomic mass is 15.2. The Morgan fingerprint density at radius 2 is 1.43 bits per heavy atom. The van der Waals surface area contributed by atoms with E-state index in [-0.39, 0.29) is 0 Å². The number of nitrogens with one attached hydrogen (secondary N) is 1. The zero-order valence-corrected chi connectivity index (χ0v) is 13.7. The number of fused-ring (bicyclic) bond motifs is 2. The Hall–Kier alpha value is -1.80. The SMILES string of the molecule is c1ccc(CN2C3CCCC2CC(Nc2ccccc2)C3)cc1. The molecule has 2 unspecified atom stereocenters. The van der Waals surface area contributed by atoms with Crippen LogP contribution >= 0.6 is 0 Å². The van der Waals surface area contributed by atoms with Gasteiger partial charge in [0, 0.05) is 30.4 Å². The van der Waals surface area contributed by atoms with Crippen molar-refractivity contribution in [1.82, 2.24) is 4.90 Å². The van der Waals surface area contributed by atoms with Gasteiger partial charge in [-0.15, -0.1) is 0 Å². The summed E-state index contributed by atoms with van der Waals surface area (Å²) in [7, 11) is 0. The monoisotopic (exact) mass is 306 g/mol. The van der Waals surface area contributed by atoms with Crippen LogP contribution in [0.2, 0.25) is 0 Å². The van der Waals surface area contributed by atoms with Gasteiger partial charge in [0.05, 0.1) is 0 Å². The fourth-order valence-corrected chi connectivity index (χ4v) is 4.42. The summed E-state index contributed by atoms with van der Waals surface area (Å²) >= 11 is 0. The molecule has 0 amide bonds. The van der Waals surface area contributed by atoms with E-state index in [1.807, 2.05) is 0 Å². The Bertz CT molecular complexity index is 596. The van der Waals surface area contributed by atoms with Crippen molar-refractivity contribution in [3.05, 3.63) is 66.2 Å². The van der Waals surface area contributed by atoms with Crippen molar-refractivity contribution in [2.24, 2.45) is 0 Å². The molecule has 2 fully saturated rings. The van der Waals surface area contributed by atoms with Gasteiger partial charge in [-0.2, -0.15) is 0 Å². The van der Waals surface area contributed by atoms with Crippen molar-refractivity contribution < 1.29 is 0 Å². The molecule has 2 aliphatic rings. The van der Waals surface area contributed by atoms with Crippen LogP contribution in [-0.4, -0.2) is 23.0 Å². The van der Waals surface area contributed by atoms with Gasteiger partial charge in [0.2, 0.25) is 0 Å². The minimum atomic E-state index is 0.625. The molecule has 23 heavy (non-hydrogen) atoms. The second kappa shape index (κ2) is 6.76. The summed E-state index contributed by atoms with van der Waals surface area (Å²) in [5, 5.41) is 3.77. The van der Waals surface area contributed by atoms with E-state index >= 15 is 0 Å². The topological polar surface area (TPSA) is 15.3 Å². The predicted molar refractivity (Wildman–Crippen MR) is 96.5 cm³/mol. The Morgan fingerprint density at radius 1 is 0.826 bits per heavy atom. The minimum absolute atomic E-state index is 0.625. The van der Waals surface area contributed by atoms with E-state index in [1.165, 1.54) is 43.4 Å². The van der Waals surface area contributed by atoms with Crippen molar-refractivity contribution in [1.29, 1.82) is 0 Å². The maximum absolute atomic E-state index is 3.77. The Morgan fingerprint density at radius 3 is 2.09 bits per heavy atom. The fraction of sp³-hybridized carbons (Fsp3) is 0.429. The van der Waals surface area contributed by atoms with Crippen molar-refractivity contribution >= 4 is 5.69 Å². The molecule has 2 atom stereocenters.